The molecule has 5 heteroatoms. The second kappa shape index (κ2) is 5.09. The summed E-state index contributed by atoms with van der Waals surface area (Å²) < 4.78 is 0. The highest BCUT2D eigenvalue weighted by Crippen LogP contribution is 2.16. The van der Waals surface area contributed by atoms with Gasteiger partial charge in [-0.3, -0.25) is 0 Å². The number of phenols is 1. The number of aromatic hydroxyl groups is 1. The molecule has 2 rings (SSSR count). The average Bonchev–Trinajstić information content (AvgIpc) is 2.69. The zero-order chi connectivity index (χ0) is 11.3. The van der Waals surface area contributed by atoms with Crippen molar-refractivity contribution in [2.24, 2.45) is 7.05 Å². The van der Waals surface area contributed by atoms with Crippen molar-refractivity contribution in [1.29, 1.82) is 0 Å². The maximum Gasteiger partial charge on any atom is 0.204 e. The van der Waals surface area contributed by atoms with Crippen molar-refractivity contribution >= 4 is 0 Å². The Balaban J connectivity index is 0.000000531. The molecule has 5 nitrogen and oxygen atoms in total. The first-order valence-electron chi connectivity index (χ1n) is 4.79. The Morgan fingerprint density at radius 3 is 2.20 bits per heavy atom. The lowest BCUT2D eigenvalue weighted by atomic mass is 10.2. The molecule has 0 amide bonds. The number of hydrogen-bond acceptors (Lipinski definition) is 4. The molecule has 0 aliphatic carbocycles. The molecule has 0 saturated heterocycles. The van der Waals surface area contributed by atoms with Crippen molar-refractivity contribution in [3.63, 3.8) is 0 Å². The molecule has 0 bridgehead atoms. The first-order valence-corrected chi connectivity index (χ1v) is 4.79. The summed E-state index contributed by atoms with van der Waals surface area (Å²) in [5.41, 5.74) is 0.839. The van der Waals surface area contributed by atoms with Gasteiger partial charge in [0, 0.05) is 5.56 Å². The van der Waals surface area contributed by atoms with Crippen LogP contribution >= 0.6 is 0 Å². The van der Waals surface area contributed by atoms with Crippen LogP contribution in [0.2, 0.25) is 0 Å². The van der Waals surface area contributed by atoms with Crippen LogP contribution in [0.15, 0.2) is 24.3 Å². The van der Waals surface area contributed by atoms with Gasteiger partial charge in [0.25, 0.3) is 0 Å². The fraction of sp³-hybridized carbons (Fsp3) is 0.300. The maximum absolute atomic E-state index is 9.05. The highest BCUT2D eigenvalue weighted by Gasteiger charge is 2.02. The van der Waals surface area contributed by atoms with Crippen LogP contribution in [0, 0.1) is 0 Å². The van der Waals surface area contributed by atoms with Crippen LogP contribution in [0.25, 0.3) is 11.4 Å². The topological polar surface area (TPSA) is 63.8 Å². The zero-order valence-corrected chi connectivity index (χ0v) is 9.05. The van der Waals surface area contributed by atoms with Gasteiger partial charge in [-0.15, -0.1) is 10.2 Å². The van der Waals surface area contributed by atoms with E-state index in [0.717, 1.165) is 5.56 Å². The van der Waals surface area contributed by atoms with Crippen LogP contribution in [0.3, 0.4) is 0 Å². The maximum atomic E-state index is 9.05. The van der Waals surface area contributed by atoms with E-state index in [-0.39, 0.29) is 5.75 Å². The predicted octanol–water partition coefficient (Wildman–Crippen LogP) is 1.61. The molecule has 1 N–H and O–H groups in total. The van der Waals surface area contributed by atoms with Crippen LogP contribution in [-0.2, 0) is 7.05 Å². The molecule has 0 radical (unpaired) electrons. The number of benzene rings is 1. The van der Waals surface area contributed by atoms with Crippen molar-refractivity contribution in [2.75, 3.05) is 0 Å². The average molecular weight is 206 g/mol. The summed E-state index contributed by atoms with van der Waals surface area (Å²) >= 11 is 0. The van der Waals surface area contributed by atoms with E-state index in [2.05, 4.69) is 15.4 Å². The molecule has 0 saturated carbocycles. The molecule has 2 aromatic rings. The monoisotopic (exact) mass is 206 g/mol. The van der Waals surface area contributed by atoms with Gasteiger partial charge in [0.15, 0.2) is 0 Å². The SMILES string of the molecule is CC.Cn1nnc(-c2ccc(O)cc2)n1. The van der Waals surface area contributed by atoms with Crippen molar-refractivity contribution < 1.29 is 5.11 Å². The van der Waals surface area contributed by atoms with Crippen LogP contribution in [0.1, 0.15) is 13.8 Å². The first-order chi connectivity index (χ1) is 7.25. The number of hydrogen-bond donors (Lipinski definition) is 1. The van der Waals surface area contributed by atoms with Crippen LogP contribution in [0.4, 0.5) is 0 Å². The van der Waals surface area contributed by atoms with E-state index >= 15 is 0 Å². The number of aryl methyl sites for hydroxylation is 1. The van der Waals surface area contributed by atoms with E-state index in [4.69, 9.17) is 5.11 Å². The largest absolute Gasteiger partial charge is 0.508 e. The van der Waals surface area contributed by atoms with Gasteiger partial charge in [0.05, 0.1) is 7.05 Å². The van der Waals surface area contributed by atoms with Gasteiger partial charge in [-0.05, 0) is 29.5 Å². The van der Waals surface area contributed by atoms with Crippen molar-refractivity contribution in [3.05, 3.63) is 24.3 Å². The van der Waals surface area contributed by atoms with Crippen LogP contribution in [-0.4, -0.2) is 25.3 Å². The zero-order valence-electron chi connectivity index (χ0n) is 9.05. The molecule has 0 aliphatic heterocycles. The number of rotatable bonds is 1. The Labute approximate surface area is 88.4 Å². The molecule has 0 fully saturated rings. The number of aromatic nitrogens is 4. The quantitative estimate of drug-likeness (QED) is 0.769. The third-order valence-electron chi connectivity index (χ3n) is 1.63. The molecule has 80 valence electrons. The summed E-state index contributed by atoms with van der Waals surface area (Å²) in [5.74, 6) is 0.787. The van der Waals surface area contributed by atoms with E-state index in [1.54, 1.807) is 31.3 Å². The van der Waals surface area contributed by atoms with E-state index in [1.807, 2.05) is 13.8 Å². The van der Waals surface area contributed by atoms with E-state index in [9.17, 15) is 0 Å². The second-order valence-corrected chi connectivity index (χ2v) is 2.65. The van der Waals surface area contributed by atoms with Crippen molar-refractivity contribution in [3.8, 4) is 17.1 Å². The third kappa shape index (κ3) is 2.77. The highest BCUT2D eigenvalue weighted by molar-refractivity contribution is 5.54. The molecule has 0 unspecified atom stereocenters. The first kappa shape index (κ1) is 11.2. The summed E-state index contributed by atoms with van der Waals surface area (Å²) in [7, 11) is 1.71. The smallest absolute Gasteiger partial charge is 0.204 e. The summed E-state index contributed by atoms with van der Waals surface area (Å²) in [6.07, 6.45) is 0. The lowest BCUT2D eigenvalue weighted by Crippen LogP contribution is -1.91. The number of tetrazole rings is 1. The van der Waals surface area contributed by atoms with Crippen molar-refractivity contribution in [2.45, 2.75) is 13.8 Å². The Hall–Kier alpha value is -1.91. The number of phenolic OH excluding ortho intramolecular Hbond substituents is 1. The Kier molecular flexibility index (Phi) is 3.79. The highest BCUT2D eigenvalue weighted by atomic mass is 16.3. The molecule has 0 atom stereocenters. The predicted molar refractivity (Wildman–Crippen MR) is 57.2 cm³/mol. The molecule has 1 heterocycles. The lowest BCUT2D eigenvalue weighted by molar-refractivity contribution is 0.475. The lowest BCUT2D eigenvalue weighted by Gasteiger charge is -1.93. The Bertz CT molecular complexity index is 408. The molecule has 0 aliphatic rings. The summed E-state index contributed by atoms with van der Waals surface area (Å²) in [6, 6.07) is 6.66. The fourth-order valence-electron chi connectivity index (χ4n) is 1.01. The van der Waals surface area contributed by atoms with Gasteiger partial charge < -0.3 is 5.11 Å². The van der Waals surface area contributed by atoms with Gasteiger partial charge in [0.2, 0.25) is 5.82 Å². The van der Waals surface area contributed by atoms with Crippen LogP contribution < -0.4 is 0 Å². The van der Waals surface area contributed by atoms with Gasteiger partial charge in [-0.25, -0.2) is 0 Å². The van der Waals surface area contributed by atoms with Gasteiger partial charge in [-0.2, -0.15) is 4.80 Å². The normalized spacial score (nSPS) is 9.27. The minimum Gasteiger partial charge on any atom is -0.508 e. The second-order valence-electron chi connectivity index (χ2n) is 2.65. The van der Waals surface area contributed by atoms with Gasteiger partial charge >= 0.3 is 0 Å². The van der Waals surface area contributed by atoms with Gasteiger partial charge in [-0.1, -0.05) is 13.8 Å². The molecule has 1 aromatic heterocycles. The third-order valence-corrected chi connectivity index (χ3v) is 1.63. The summed E-state index contributed by atoms with van der Waals surface area (Å²) in [5, 5.41) is 20.6. The molecular formula is C10H14N4O. The van der Waals surface area contributed by atoms with Gasteiger partial charge in [0.1, 0.15) is 5.75 Å². The van der Waals surface area contributed by atoms with Crippen molar-refractivity contribution in [1.82, 2.24) is 20.2 Å². The molecule has 1 aromatic carbocycles. The Morgan fingerprint density at radius 1 is 1.13 bits per heavy atom. The Morgan fingerprint density at radius 2 is 1.73 bits per heavy atom. The minimum atomic E-state index is 0.229. The minimum absolute atomic E-state index is 0.229. The fourth-order valence-corrected chi connectivity index (χ4v) is 1.01. The van der Waals surface area contributed by atoms with Crippen LogP contribution in [0.5, 0.6) is 5.75 Å². The molecular weight excluding hydrogens is 192 g/mol. The summed E-state index contributed by atoms with van der Waals surface area (Å²) in [6.45, 7) is 4.00. The number of nitrogens with zero attached hydrogens (tertiary/aromatic N) is 4. The molecule has 15 heavy (non-hydrogen) atoms. The van der Waals surface area contributed by atoms with E-state index < -0.39 is 0 Å². The van der Waals surface area contributed by atoms with E-state index in [0.29, 0.717) is 5.82 Å². The molecule has 0 spiro atoms. The van der Waals surface area contributed by atoms with E-state index in [1.165, 1.54) is 4.80 Å². The summed E-state index contributed by atoms with van der Waals surface area (Å²) in [4.78, 5) is 1.39. The standard InChI is InChI=1S/C8H8N4O.C2H6/c1-12-10-8(9-11-12)6-2-4-7(13)5-3-6;1-2/h2-5,13H,1H3;1-2H3.